The number of methoxy groups -OCH3 is 1. The first kappa shape index (κ1) is 20.7. The van der Waals surface area contributed by atoms with Crippen LogP contribution in [0.3, 0.4) is 0 Å². The number of nitrogens with one attached hydrogen (secondary N) is 1. The van der Waals surface area contributed by atoms with Gasteiger partial charge in [-0.15, -0.1) is 0 Å². The number of amides is 1. The average Bonchev–Trinajstić information content (AvgIpc) is 3.29. The summed E-state index contributed by atoms with van der Waals surface area (Å²) in [6, 6.07) is 9.28. The number of carbonyl (C=O) groups is 1. The quantitative estimate of drug-likeness (QED) is 0.579. The molecule has 0 saturated carbocycles. The Labute approximate surface area is 180 Å². The molecule has 1 aliphatic rings. The van der Waals surface area contributed by atoms with Crippen molar-refractivity contribution >= 4 is 11.9 Å². The van der Waals surface area contributed by atoms with Gasteiger partial charge in [0.15, 0.2) is 0 Å². The zero-order valence-corrected chi connectivity index (χ0v) is 17.4. The third-order valence-corrected chi connectivity index (χ3v) is 5.09. The molecular formula is C21H25N7O3. The molecule has 1 aliphatic heterocycles. The Kier molecular flexibility index (Phi) is 6.68. The maximum absolute atomic E-state index is 12.4. The highest BCUT2D eigenvalue weighted by Crippen LogP contribution is 2.20. The minimum Gasteiger partial charge on any atom is -0.497 e. The fourth-order valence-corrected chi connectivity index (χ4v) is 3.35. The van der Waals surface area contributed by atoms with E-state index in [-0.39, 0.29) is 5.91 Å². The average molecular weight is 423 g/mol. The normalized spacial score (nSPS) is 14.4. The van der Waals surface area contributed by atoms with Crippen LogP contribution in [0.25, 0.3) is 11.4 Å². The van der Waals surface area contributed by atoms with Crippen LogP contribution in [-0.2, 0) is 11.3 Å². The SMILES string of the molecule is COc1ccc(-c2noc(CN3CCN(C(=O)CCNc4ncccn4)CC3)n2)cc1. The van der Waals surface area contributed by atoms with Gasteiger partial charge in [-0.25, -0.2) is 9.97 Å². The summed E-state index contributed by atoms with van der Waals surface area (Å²) in [5.74, 6) is 2.57. The highest BCUT2D eigenvalue weighted by atomic mass is 16.5. The number of nitrogens with zero attached hydrogens (tertiary/aromatic N) is 6. The molecular weight excluding hydrogens is 398 g/mol. The van der Waals surface area contributed by atoms with Gasteiger partial charge in [-0.3, -0.25) is 9.69 Å². The van der Waals surface area contributed by atoms with Crippen LogP contribution in [0.1, 0.15) is 12.3 Å². The Hall–Kier alpha value is -3.53. The molecule has 4 rings (SSSR count). The minimum atomic E-state index is 0.127. The van der Waals surface area contributed by atoms with Crippen molar-refractivity contribution in [3.05, 3.63) is 48.6 Å². The molecule has 1 saturated heterocycles. The van der Waals surface area contributed by atoms with Crippen molar-refractivity contribution in [2.24, 2.45) is 0 Å². The van der Waals surface area contributed by atoms with Crippen LogP contribution in [0.2, 0.25) is 0 Å². The molecule has 1 aromatic carbocycles. The topological polar surface area (TPSA) is 110 Å². The molecule has 0 radical (unpaired) electrons. The van der Waals surface area contributed by atoms with E-state index in [1.165, 1.54) is 0 Å². The number of hydrogen-bond donors (Lipinski definition) is 1. The molecule has 31 heavy (non-hydrogen) atoms. The van der Waals surface area contributed by atoms with Crippen LogP contribution in [-0.4, -0.2) is 75.6 Å². The lowest BCUT2D eigenvalue weighted by molar-refractivity contribution is -0.132. The zero-order chi connectivity index (χ0) is 21.5. The van der Waals surface area contributed by atoms with E-state index in [1.54, 1.807) is 25.6 Å². The van der Waals surface area contributed by atoms with Gasteiger partial charge in [0, 0.05) is 57.1 Å². The number of piperazine rings is 1. The first-order valence-corrected chi connectivity index (χ1v) is 10.2. The van der Waals surface area contributed by atoms with Crippen molar-refractivity contribution in [1.29, 1.82) is 0 Å². The highest BCUT2D eigenvalue weighted by molar-refractivity contribution is 5.76. The first-order valence-electron chi connectivity index (χ1n) is 10.2. The van der Waals surface area contributed by atoms with Crippen LogP contribution < -0.4 is 10.1 Å². The molecule has 1 fully saturated rings. The van der Waals surface area contributed by atoms with Gasteiger partial charge in [0.2, 0.25) is 23.6 Å². The second-order valence-corrected chi connectivity index (χ2v) is 7.15. The molecule has 3 aromatic rings. The standard InChI is InChI=1S/C21H25N7O3/c1-30-17-5-3-16(4-6-17)20-25-18(31-26-20)15-27-11-13-28(14-12-27)19(29)7-10-24-21-22-8-2-9-23-21/h2-6,8-9H,7,10-15H2,1H3,(H,22,23,24). The van der Waals surface area contributed by atoms with E-state index in [1.807, 2.05) is 29.2 Å². The molecule has 0 bridgehead atoms. The van der Waals surface area contributed by atoms with E-state index in [0.717, 1.165) is 24.4 Å². The molecule has 2 aromatic heterocycles. The summed E-state index contributed by atoms with van der Waals surface area (Å²) in [4.78, 5) is 29.2. The molecule has 1 amide bonds. The fraction of sp³-hybridized carbons (Fsp3) is 0.381. The molecule has 0 unspecified atom stereocenters. The van der Waals surface area contributed by atoms with Crippen molar-refractivity contribution in [2.75, 3.05) is 45.2 Å². The van der Waals surface area contributed by atoms with Gasteiger partial charge in [0.1, 0.15) is 5.75 Å². The van der Waals surface area contributed by atoms with Crippen molar-refractivity contribution < 1.29 is 14.1 Å². The van der Waals surface area contributed by atoms with E-state index < -0.39 is 0 Å². The summed E-state index contributed by atoms with van der Waals surface area (Å²) >= 11 is 0. The van der Waals surface area contributed by atoms with Crippen LogP contribution in [0.5, 0.6) is 5.75 Å². The minimum absolute atomic E-state index is 0.127. The molecule has 0 atom stereocenters. The summed E-state index contributed by atoms with van der Waals surface area (Å²) in [7, 11) is 1.63. The Morgan fingerprint density at radius 2 is 1.87 bits per heavy atom. The van der Waals surface area contributed by atoms with Gasteiger partial charge in [-0.05, 0) is 30.3 Å². The number of rotatable bonds is 8. The molecule has 0 aliphatic carbocycles. The molecule has 162 valence electrons. The lowest BCUT2D eigenvalue weighted by Gasteiger charge is -2.34. The lowest BCUT2D eigenvalue weighted by atomic mass is 10.2. The van der Waals surface area contributed by atoms with Crippen molar-refractivity contribution in [2.45, 2.75) is 13.0 Å². The third kappa shape index (κ3) is 5.54. The maximum Gasteiger partial charge on any atom is 0.241 e. The number of anilines is 1. The van der Waals surface area contributed by atoms with Gasteiger partial charge in [-0.2, -0.15) is 4.98 Å². The van der Waals surface area contributed by atoms with Crippen molar-refractivity contribution in [1.82, 2.24) is 29.9 Å². The highest BCUT2D eigenvalue weighted by Gasteiger charge is 2.22. The summed E-state index contributed by atoms with van der Waals surface area (Å²) < 4.78 is 10.6. The fourth-order valence-electron chi connectivity index (χ4n) is 3.35. The Morgan fingerprint density at radius 3 is 2.58 bits per heavy atom. The number of hydrogen-bond acceptors (Lipinski definition) is 9. The number of aromatic nitrogens is 4. The van der Waals surface area contributed by atoms with E-state index in [9.17, 15) is 4.79 Å². The number of carbonyl (C=O) groups excluding carboxylic acids is 1. The molecule has 3 heterocycles. The van der Waals surface area contributed by atoms with Crippen LogP contribution in [0, 0.1) is 0 Å². The van der Waals surface area contributed by atoms with Gasteiger partial charge in [-0.1, -0.05) is 5.16 Å². The molecule has 0 spiro atoms. The Balaban J connectivity index is 1.21. The van der Waals surface area contributed by atoms with Crippen molar-refractivity contribution in [3.63, 3.8) is 0 Å². The van der Waals surface area contributed by atoms with Crippen LogP contribution >= 0.6 is 0 Å². The van der Waals surface area contributed by atoms with Crippen LogP contribution in [0.15, 0.2) is 47.2 Å². The lowest BCUT2D eigenvalue weighted by Crippen LogP contribution is -2.48. The first-order chi connectivity index (χ1) is 15.2. The Morgan fingerprint density at radius 1 is 1.13 bits per heavy atom. The largest absolute Gasteiger partial charge is 0.497 e. The second kappa shape index (κ2) is 9.98. The second-order valence-electron chi connectivity index (χ2n) is 7.15. The molecule has 10 nitrogen and oxygen atoms in total. The van der Waals surface area contributed by atoms with E-state index in [4.69, 9.17) is 9.26 Å². The maximum atomic E-state index is 12.4. The van der Waals surface area contributed by atoms with Gasteiger partial charge >= 0.3 is 0 Å². The van der Waals surface area contributed by atoms with Gasteiger partial charge in [0.25, 0.3) is 0 Å². The third-order valence-electron chi connectivity index (χ3n) is 5.09. The summed E-state index contributed by atoms with van der Waals surface area (Å²) in [5, 5.41) is 7.14. The number of benzene rings is 1. The summed E-state index contributed by atoms with van der Waals surface area (Å²) in [6.45, 7) is 3.97. The predicted molar refractivity (Wildman–Crippen MR) is 113 cm³/mol. The monoisotopic (exact) mass is 423 g/mol. The van der Waals surface area contributed by atoms with E-state index in [2.05, 4.69) is 30.3 Å². The number of ether oxygens (including phenoxy) is 1. The molecule has 10 heteroatoms. The van der Waals surface area contributed by atoms with Gasteiger partial charge < -0.3 is 19.5 Å². The predicted octanol–water partition coefficient (Wildman–Crippen LogP) is 1.68. The summed E-state index contributed by atoms with van der Waals surface area (Å²) in [6.07, 6.45) is 3.74. The van der Waals surface area contributed by atoms with E-state index in [0.29, 0.717) is 50.3 Å². The van der Waals surface area contributed by atoms with Crippen molar-refractivity contribution in [3.8, 4) is 17.1 Å². The zero-order valence-electron chi connectivity index (χ0n) is 17.4. The van der Waals surface area contributed by atoms with Gasteiger partial charge in [0.05, 0.1) is 13.7 Å². The summed E-state index contributed by atoms with van der Waals surface area (Å²) in [5.41, 5.74) is 0.876. The van der Waals surface area contributed by atoms with Crippen LogP contribution in [0.4, 0.5) is 5.95 Å². The Bertz CT molecular complexity index is 970. The smallest absolute Gasteiger partial charge is 0.241 e. The molecule has 1 N–H and O–H groups in total. The van der Waals surface area contributed by atoms with E-state index >= 15 is 0 Å².